The van der Waals surface area contributed by atoms with Gasteiger partial charge in [0.15, 0.2) is 0 Å². The smallest absolute Gasteiger partial charge is 0.309 e. The SMILES string of the molecule is COC(=O)Cc1cc(Br)nc(I)c1C(F)F. The summed E-state index contributed by atoms with van der Waals surface area (Å²) in [5.41, 5.74) is 0.0160. The van der Waals surface area contributed by atoms with Gasteiger partial charge in [-0.15, -0.1) is 0 Å². The number of hydrogen-bond donors (Lipinski definition) is 0. The Morgan fingerprint density at radius 2 is 2.31 bits per heavy atom. The molecule has 0 radical (unpaired) electrons. The molecule has 1 aromatic heterocycles. The van der Waals surface area contributed by atoms with E-state index in [2.05, 4.69) is 25.7 Å². The van der Waals surface area contributed by atoms with Gasteiger partial charge in [-0.05, 0) is 50.2 Å². The average Bonchev–Trinajstić information content (AvgIpc) is 2.15. The Bertz CT molecular complexity index is 415. The number of pyridine rings is 1. The number of ether oxygens (including phenoxy) is 1. The molecule has 0 aliphatic rings. The van der Waals surface area contributed by atoms with E-state index in [4.69, 9.17) is 0 Å². The van der Waals surface area contributed by atoms with Crippen molar-refractivity contribution in [2.24, 2.45) is 0 Å². The molecule has 1 aromatic rings. The van der Waals surface area contributed by atoms with Gasteiger partial charge in [-0.1, -0.05) is 0 Å². The molecule has 1 heterocycles. The zero-order valence-corrected chi connectivity index (χ0v) is 11.9. The van der Waals surface area contributed by atoms with Crippen molar-refractivity contribution in [3.8, 4) is 0 Å². The molecular weight excluding hydrogens is 399 g/mol. The van der Waals surface area contributed by atoms with Gasteiger partial charge in [-0.25, -0.2) is 13.8 Å². The second-order valence-electron chi connectivity index (χ2n) is 2.86. The van der Waals surface area contributed by atoms with Crippen molar-refractivity contribution < 1.29 is 18.3 Å². The Kier molecular flexibility index (Phi) is 5.03. The fourth-order valence-corrected chi connectivity index (χ4v) is 2.77. The maximum atomic E-state index is 12.8. The second-order valence-corrected chi connectivity index (χ2v) is 4.70. The standard InChI is InChI=1S/C9H7BrF2INO2/c1-16-6(15)3-4-2-5(10)14-9(13)7(4)8(11)12/h2,8H,3H2,1H3. The van der Waals surface area contributed by atoms with E-state index < -0.39 is 12.4 Å². The molecule has 3 nitrogen and oxygen atoms in total. The molecule has 7 heteroatoms. The van der Waals surface area contributed by atoms with Gasteiger partial charge in [-0.2, -0.15) is 0 Å². The van der Waals surface area contributed by atoms with E-state index in [1.54, 1.807) is 22.6 Å². The van der Waals surface area contributed by atoms with E-state index in [1.165, 1.54) is 13.2 Å². The molecule has 0 fully saturated rings. The largest absolute Gasteiger partial charge is 0.469 e. The highest BCUT2D eigenvalue weighted by Crippen LogP contribution is 2.29. The van der Waals surface area contributed by atoms with Crippen molar-refractivity contribution >= 4 is 44.5 Å². The van der Waals surface area contributed by atoms with E-state index in [9.17, 15) is 13.6 Å². The lowest BCUT2D eigenvalue weighted by Crippen LogP contribution is -2.09. The van der Waals surface area contributed by atoms with Gasteiger partial charge < -0.3 is 4.74 Å². The van der Waals surface area contributed by atoms with Crippen LogP contribution in [-0.4, -0.2) is 18.1 Å². The first-order valence-corrected chi connectivity index (χ1v) is 6.02. The van der Waals surface area contributed by atoms with Crippen LogP contribution in [0.3, 0.4) is 0 Å². The number of methoxy groups -OCH3 is 1. The summed E-state index contributed by atoms with van der Waals surface area (Å²) in [6.07, 6.45) is -2.85. The van der Waals surface area contributed by atoms with Gasteiger partial charge >= 0.3 is 5.97 Å². The van der Waals surface area contributed by atoms with Gasteiger partial charge in [0, 0.05) is 0 Å². The molecule has 0 saturated heterocycles. The van der Waals surface area contributed by atoms with Crippen LogP contribution in [0, 0.1) is 3.70 Å². The number of hydrogen-bond acceptors (Lipinski definition) is 3. The number of carbonyl (C=O) groups is 1. The molecule has 0 aromatic carbocycles. The number of nitrogens with zero attached hydrogens (tertiary/aromatic N) is 1. The number of carbonyl (C=O) groups excluding carboxylic acids is 1. The van der Waals surface area contributed by atoms with Crippen molar-refractivity contribution in [3.05, 3.63) is 25.5 Å². The molecule has 0 aliphatic carbocycles. The number of aromatic nitrogens is 1. The van der Waals surface area contributed by atoms with Gasteiger partial charge in [0.25, 0.3) is 6.43 Å². The zero-order valence-electron chi connectivity index (χ0n) is 8.14. The topological polar surface area (TPSA) is 39.2 Å². The van der Waals surface area contributed by atoms with Gasteiger partial charge in [0.1, 0.15) is 8.30 Å². The maximum absolute atomic E-state index is 12.8. The molecule has 0 atom stereocenters. The number of halogens is 4. The summed E-state index contributed by atoms with van der Waals surface area (Å²) in [7, 11) is 1.21. The van der Waals surface area contributed by atoms with Gasteiger partial charge in [-0.3, -0.25) is 4.79 Å². The van der Waals surface area contributed by atoms with E-state index in [1.807, 2.05) is 0 Å². The van der Waals surface area contributed by atoms with Crippen LogP contribution in [0.2, 0.25) is 0 Å². The normalized spacial score (nSPS) is 10.6. The predicted molar refractivity (Wildman–Crippen MR) is 65.3 cm³/mol. The monoisotopic (exact) mass is 405 g/mol. The summed E-state index contributed by atoms with van der Waals surface area (Å²) in [6.45, 7) is 0. The average molecular weight is 406 g/mol. The molecule has 0 saturated carbocycles. The van der Waals surface area contributed by atoms with Crippen LogP contribution in [0.5, 0.6) is 0 Å². The lowest BCUT2D eigenvalue weighted by atomic mass is 10.1. The summed E-state index contributed by atoms with van der Waals surface area (Å²) in [5.74, 6) is -0.559. The van der Waals surface area contributed by atoms with E-state index >= 15 is 0 Å². The van der Waals surface area contributed by atoms with Crippen molar-refractivity contribution in [2.45, 2.75) is 12.8 Å². The third kappa shape index (κ3) is 3.34. The minimum atomic E-state index is -2.66. The van der Waals surface area contributed by atoms with Crippen LogP contribution < -0.4 is 0 Å². The summed E-state index contributed by atoms with van der Waals surface area (Å²) in [6, 6.07) is 1.40. The Balaban J connectivity index is 3.18. The first-order chi connectivity index (χ1) is 7.45. The molecule has 0 bridgehead atoms. The summed E-state index contributed by atoms with van der Waals surface area (Å²) < 4.78 is 30.6. The molecule has 88 valence electrons. The Labute approximate surface area is 113 Å². The molecule has 16 heavy (non-hydrogen) atoms. The van der Waals surface area contributed by atoms with Crippen LogP contribution in [0.15, 0.2) is 10.7 Å². The highest BCUT2D eigenvalue weighted by molar-refractivity contribution is 14.1. The van der Waals surface area contributed by atoms with Crippen LogP contribution in [0.25, 0.3) is 0 Å². The third-order valence-electron chi connectivity index (χ3n) is 1.85. The Hall–Kier alpha value is -0.310. The quantitative estimate of drug-likeness (QED) is 0.440. The summed E-state index contributed by atoms with van der Waals surface area (Å²) in [4.78, 5) is 14.9. The number of esters is 1. The predicted octanol–water partition coefficient (Wildman–Crippen LogP) is 3.10. The van der Waals surface area contributed by atoms with E-state index in [-0.39, 0.29) is 21.2 Å². The Morgan fingerprint density at radius 3 is 2.81 bits per heavy atom. The summed E-state index contributed by atoms with van der Waals surface area (Å²) >= 11 is 4.81. The minimum absolute atomic E-state index is 0.181. The maximum Gasteiger partial charge on any atom is 0.309 e. The van der Waals surface area contributed by atoms with Crippen LogP contribution in [0.1, 0.15) is 17.6 Å². The molecular formula is C9H7BrF2INO2. The molecule has 0 unspecified atom stereocenters. The fourth-order valence-electron chi connectivity index (χ4n) is 1.14. The number of rotatable bonds is 3. The zero-order chi connectivity index (χ0) is 12.3. The third-order valence-corrected chi connectivity index (χ3v) is 3.08. The molecule has 0 spiro atoms. The molecule has 1 rings (SSSR count). The van der Waals surface area contributed by atoms with Gasteiger partial charge in [0.05, 0.1) is 19.1 Å². The first kappa shape index (κ1) is 13.8. The van der Waals surface area contributed by atoms with Crippen molar-refractivity contribution in [1.82, 2.24) is 4.98 Å². The second kappa shape index (κ2) is 5.85. The van der Waals surface area contributed by atoms with Crippen LogP contribution >= 0.6 is 38.5 Å². The Morgan fingerprint density at radius 1 is 1.69 bits per heavy atom. The van der Waals surface area contributed by atoms with Gasteiger partial charge in [0.2, 0.25) is 0 Å². The molecule has 0 amide bonds. The molecule has 0 aliphatic heterocycles. The minimum Gasteiger partial charge on any atom is -0.469 e. The lowest BCUT2D eigenvalue weighted by Gasteiger charge is -2.10. The summed E-state index contributed by atoms with van der Waals surface area (Å²) in [5, 5.41) is 0. The highest BCUT2D eigenvalue weighted by Gasteiger charge is 2.20. The fraction of sp³-hybridized carbons (Fsp3) is 0.333. The van der Waals surface area contributed by atoms with Crippen LogP contribution in [-0.2, 0) is 16.0 Å². The molecule has 0 N–H and O–H groups in total. The first-order valence-electron chi connectivity index (χ1n) is 4.15. The van der Waals surface area contributed by atoms with Crippen LogP contribution in [0.4, 0.5) is 8.78 Å². The lowest BCUT2D eigenvalue weighted by molar-refractivity contribution is -0.139. The van der Waals surface area contributed by atoms with Crippen molar-refractivity contribution in [3.63, 3.8) is 0 Å². The van der Waals surface area contributed by atoms with Crippen molar-refractivity contribution in [1.29, 1.82) is 0 Å². The van der Waals surface area contributed by atoms with E-state index in [0.29, 0.717) is 4.60 Å². The number of alkyl halides is 2. The van der Waals surface area contributed by atoms with Crippen molar-refractivity contribution in [2.75, 3.05) is 7.11 Å². The van der Waals surface area contributed by atoms with E-state index in [0.717, 1.165) is 0 Å². The highest BCUT2D eigenvalue weighted by atomic mass is 127.